The number of rotatable bonds is 6. The van der Waals surface area contributed by atoms with Crippen molar-refractivity contribution in [2.75, 3.05) is 5.43 Å². The molecule has 0 radical (unpaired) electrons. The van der Waals surface area contributed by atoms with E-state index in [2.05, 4.69) is 22.4 Å². The fourth-order valence-corrected chi connectivity index (χ4v) is 9.46. The number of hydrazine groups is 1. The maximum absolute atomic E-state index is 13.5. The lowest BCUT2D eigenvalue weighted by Crippen LogP contribution is -2.97. The highest BCUT2D eigenvalue weighted by Gasteiger charge is 3.04. The number of nitrogens with one attached hydrogen (secondary N) is 3. The Kier molecular flexibility index (Phi) is 5.56. The Bertz CT molecular complexity index is 1500. The van der Waals surface area contributed by atoms with Gasteiger partial charge in [0.15, 0.2) is 23.2 Å². The normalized spacial score (nSPS) is 49.3. The molecule has 10 atom stereocenters. The highest BCUT2D eigenvalue weighted by molar-refractivity contribution is 5.87. The second kappa shape index (κ2) is 8.26. The summed E-state index contributed by atoms with van der Waals surface area (Å²) in [5.41, 5.74) is -5.64. The van der Waals surface area contributed by atoms with Crippen LogP contribution in [0.5, 0.6) is 0 Å². The Hall–Kier alpha value is -2.81. The number of ether oxygens (including phenoxy) is 3. The standard InChI is InChI=1S/C31H39N3O9/c1-17(2)28(39)23(41-22(36)20-12-9-15-32-20)30(40)24(4)16-27(38)25(28,5)31(43-30,34-33-19-10-7-6-8-11-19)29(42-27)21(35)18(3)13-14-26(24,29)37/h6-12,15,17,21,23,32-35,37-40H,3,13-14,16H2,1-2,4-5H3/t21-,23-,24+,25+,26+,27+,28-,29-,30+,31-/m1/s1. The Morgan fingerprint density at radius 3 is 2.42 bits per heavy atom. The molecule has 8 N–H and O–H groups in total. The van der Waals surface area contributed by atoms with E-state index in [4.69, 9.17) is 14.2 Å². The van der Waals surface area contributed by atoms with Crippen molar-refractivity contribution in [2.24, 2.45) is 16.7 Å². The van der Waals surface area contributed by atoms with Gasteiger partial charge in [0.1, 0.15) is 28.4 Å². The third kappa shape index (κ3) is 2.72. The molecule has 1 spiro atoms. The number of hydrogen-bond donors (Lipinski definition) is 8. The monoisotopic (exact) mass is 597 g/mol. The van der Waals surface area contributed by atoms with Gasteiger partial charge in [0.25, 0.3) is 0 Å². The predicted molar refractivity (Wildman–Crippen MR) is 151 cm³/mol. The average molecular weight is 598 g/mol. The van der Waals surface area contributed by atoms with Crippen LogP contribution in [0.25, 0.3) is 0 Å². The third-order valence-electron chi connectivity index (χ3n) is 11.8. The number of H-pyrrole nitrogens is 1. The third-order valence-corrected chi connectivity index (χ3v) is 11.8. The first kappa shape index (κ1) is 28.9. The minimum Gasteiger partial charge on any atom is -0.449 e. The van der Waals surface area contributed by atoms with E-state index in [1.165, 1.54) is 26.1 Å². The molecule has 5 aliphatic rings. The number of aliphatic hydroxyl groups is 5. The summed E-state index contributed by atoms with van der Waals surface area (Å²) < 4.78 is 19.3. The number of anilines is 1. The van der Waals surface area contributed by atoms with Gasteiger partial charge >= 0.3 is 5.97 Å². The van der Waals surface area contributed by atoms with E-state index in [0.717, 1.165) is 0 Å². The van der Waals surface area contributed by atoms with E-state index >= 15 is 0 Å². The fraction of sp³-hybridized carbons (Fsp3) is 0.581. The van der Waals surface area contributed by atoms with Crippen LogP contribution < -0.4 is 10.9 Å². The first-order valence-corrected chi connectivity index (χ1v) is 14.6. The SMILES string of the molecule is C=C1CC[C@]2(O)[C@]3(C)C[C@]4(O)O[C@@]2([C@@H]1O)[C@]1(NNc2ccccc2)O[C@@]3(O)[C@H](OC(=O)c2ccc[nH]2)[C@](O)(C(C)C)[C@@]14C. The molecule has 1 aromatic heterocycles. The zero-order valence-electron chi connectivity index (χ0n) is 24.5. The Balaban J connectivity index is 1.54. The van der Waals surface area contributed by atoms with Crippen LogP contribution in [-0.2, 0) is 14.2 Å². The first-order valence-electron chi connectivity index (χ1n) is 14.6. The molecule has 232 valence electrons. The predicted octanol–water partition coefficient (Wildman–Crippen LogP) is 1.29. The quantitative estimate of drug-likeness (QED) is 0.136. The van der Waals surface area contributed by atoms with Crippen molar-refractivity contribution >= 4 is 11.7 Å². The molecule has 1 aromatic carbocycles. The lowest BCUT2D eigenvalue weighted by Gasteiger charge is -2.75. The zero-order valence-corrected chi connectivity index (χ0v) is 24.5. The van der Waals surface area contributed by atoms with E-state index in [1.807, 2.05) is 6.07 Å². The Morgan fingerprint density at radius 1 is 1.09 bits per heavy atom. The summed E-state index contributed by atoms with van der Waals surface area (Å²) in [6.45, 7) is 10.4. The van der Waals surface area contributed by atoms with Crippen LogP contribution in [0.4, 0.5) is 5.69 Å². The van der Waals surface area contributed by atoms with E-state index < -0.39 is 75.4 Å². The molecular formula is C31H39N3O9. The van der Waals surface area contributed by atoms with Gasteiger partial charge < -0.3 is 50.2 Å². The van der Waals surface area contributed by atoms with Gasteiger partial charge in [-0.2, -0.15) is 0 Å². The topological polar surface area (TPSA) is 186 Å². The number of aliphatic hydroxyl groups excluding tert-OH is 1. The smallest absolute Gasteiger partial charge is 0.355 e. The van der Waals surface area contributed by atoms with Crippen molar-refractivity contribution in [1.29, 1.82) is 0 Å². The molecule has 0 amide bonds. The molecule has 4 aliphatic heterocycles. The number of carbonyl (C=O) groups is 1. The van der Waals surface area contributed by atoms with Crippen molar-refractivity contribution in [3.8, 4) is 0 Å². The van der Waals surface area contributed by atoms with E-state index in [9.17, 15) is 30.3 Å². The van der Waals surface area contributed by atoms with Crippen LogP contribution in [0, 0.1) is 16.7 Å². The molecule has 12 nitrogen and oxygen atoms in total. The van der Waals surface area contributed by atoms with Crippen molar-refractivity contribution < 1.29 is 44.5 Å². The van der Waals surface area contributed by atoms with E-state index in [-0.39, 0.29) is 18.5 Å². The summed E-state index contributed by atoms with van der Waals surface area (Å²) >= 11 is 0. The number of aromatic amines is 1. The summed E-state index contributed by atoms with van der Waals surface area (Å²) in [5, 5.41) is 63.7. The summed E-state index contributed by atoms with van der Waals surface area (Å²) in [5.74, 6) is -6.65. The number of para-hydroxylation sites is 1. The second-order valence-corrected chi connectivity index (χ2v) is 13.6. The first-order chi connectivity index (χ1) is 20.1. The number of carbonyl (C=O) groups excluding carboxylic acids is 1. The van der Waals surface area contributed by atoms with Crippen LogP contribution in [0.15, 0.2) is 60.8 Å². The molecule has 5 bridgehead atoms. The summed E-state index contributed by atoms with van der Waals surface area (Å²) in [7, 11) is 0. The van der Waals surface area contributed by atoms with Gasteiger partial charge in [0.2, 0.25) is 5.79 Å². The molecular weight excluding hydrogens is 558 g/mol. The zero-order chi connectivity index (χ0) is 31.1. The maximum atomic E-state index is 13.5. The molecule has 12 heteroatoms. The maximum Gasteiger partial charge on any atom is 0.355 e. The summed E-state index contributed by atoms with van der Waals surface area (Å²) in [6.07, 6.45) is -2.20. The fourth-order valence-electron chi connectivity index (χ4n) is 9.46. The van der Waals surface area contributed by atoms with E-state index in [1.54, 1.807) is 44.2 Å². The van der Waals surface area contributed by atoms with Crippen molar-refractivity contribution in [3.05, 3.63) is 66.5 Å². The van der Waals surface area contributed by atoms with Gasteiger partial charge in [0, 0.05) is 18.3 Å². The molecule has 2 aromatic rings. The molecule has 7 rings (SSSR count). The molecule has 1 aliphatic carbocycles. The molecule has 0 unspecified atom stereocenters. The van der Waals surface area contributed by atoms with Gasteiger partial charge in [0.05, 0.1) is 5.41 Å². The van der Waals surface area contributed by atoms with Gasteiger partial charge in [-0.3, -0.25) is 0 Å². The molecule has 1 saturated carbocycles. The average Bonchev–Trinajstić information content (AvgIpc) is 3.54. The molecule has 5 heterocycles. The molecule has 43 heavy (non-hydrogen) atoms. The summed E-state index contributed by atoms with van der Waals surface area (Å²) in [4.78, 5) is 16.3. The van der Waals surface area contributed by atoms with Crippen LogP contribution in [0.3, 0.4) is 0 Å². The lowest BCUT2D eigenvalue weighted by atomic mass is 9.43. The minimum absolute atomic E-state index is 0.0383. The van der Waals surface area contributed by atoms with Crippen LogP contribution >= 0.6 is 0 Å². The molecule has 5 fully saturated rings. The largest absolute Gasteiger partial charge is 0.449 e. The number of hydrogen-bond acceptors (Lipinski definition) is 11. The van der Waals surface area contributed by atoms with Crippen LogP contribution in [0.1, 0.15) is 57.4 Å². The molecule has 4 saturated heterocycles. The highest BCUT2D eigenvalue weighted by Crippen LogP contribution is 2.84. The number of benzene rings is 1. The number of aromatic nitrogens is 1. The highest BCUT2D eigenvalue weighted by atomic mass is 16.8. The van der Waals surface area contributed by atoms with Gasteiger partial charge in [-0.25, -0.2) is 10.2 Å². The summed E-state index contributed by atoms with van der Waals surface area (Å²) in [6, 6.07) is 12.0. The van der Waals surface area contributed by atoms with Crippen molar-refractivity contribution in [1.82, 2.24) is 10.4 Å². The Labute approximate surface area is 248 Å². The second-order valence-electron chi connectivity index (χ2n) is 13.6. The van der Waals surface area contributed by atoms with Crippen LogP contribution in [-0.4, -0.2) is 82.8 Å². The van der Waals surface area contributed by atoms with Gasteiger partial charge in [-0.1, -0.05) is 45.5 Å². The van der Waals surface area contributed by atoms with E-state index in [0.29, 0.717) is 11.3 Å². The number of fused-ring (bicyclic) bond motifs is 4. The van der Waals surface area contributed by atoms with Crippen LogP contribution in [0.2, 0.25) is 0 Å². The van der Waals surface area contributed by atoms with Gasteiger partial charge in [-0.15, -0.1) is 0 Å². The Morgan fingerprint density at radius 2 is 1.79 bits per heavy atom. The number of esters is 1. The van der Waals surface area contributed by atoms with Crippen molar-refractivity contribution in [2.45, 2.75) is 93.3 Å². The minimum atomic E-state index is -2.62. The van der Waals surface area contributed by atoms with Crippen molar-refractivity contribution in [3.63, 3.8) is 0 Å². The lowest BCUT2D eigenvalue weighted by molar-refractivity contribution is -0.521. The van der Waals surface area contributed by atoms with Gasteiger partial charge in [-0.05, 0) is 55.5 Å².